The summed E-state index contributed by atoms with van der Waals surface area (Å²) in [5.74, 6) is -1.32. The molecule has 124 valence electrons. The summed E-state index contributed by atoms with van der Waals surface area (Å²) < 4.78 is 5.22. The van der Waals surface area contributed by atoms with Gasteiger partial charge in [0.05, 0.1) is 0 Å². The van der Waals surface area contributed by atoms with Crippen LogP contribution in [0.1, 0.15) is 55.4 Å². The molecule has 3 N–H and O–H groups in total. The van der Waals surface area contributed by atoms with Crippen LogP contribution >= 0.6 is 0 Å². The number of carboxylic acid groups (broad SMARTS) is 1. The Morgan fingerprint density at radius 1 is 1.00 bits per heavy atom. The molecule has 0 heterocycles. The Balaban J connectivity index is 5.34. The van der Waals surface area contributed by atoms with E-state index in [4.69, 9.17) is 9.84 Å². The molecule has 2 atom stereocenters. The first-order valence-corrected chi connectivity index (χ1v) is 6.99. The molecule has 0 aliphatic rings. The summed E-state index contributed by atoms with van der Waals surface area (Å²) in [7, 11) is 0. The minimum atomic E-state index is -1.60. The van der Waals surface area contributed by atoms with Gasteiger partial charge in [-0.3, -0.25) is 0 Å². The maximum Gasteiger partial charge on any atom is 0.407 e. The Kier molecular flexibility index (Phi) is 5.83. The van der Waals surface area contributed by atoms with E-state index in [0.29, 0.717) is 0 Å². The number of hydrogen-bond acceptors (Lipinski definition) is 4. The highest BCUT2D eigenvalue weighted by molar-refractivity contribution is 5.74. The van der Waals surface area contributed by atoms with Crippen molar-refractivity contribution in [1.82, 2.24) is 5.32 Å². The van der Waals surface area contributed by atoms with E-state index in [1.165, 1.54) is 0 Å². The summed E-state index contributed by atoms with van der Waals surface area (Å²) in [5.41, 5.74) is -2.18. The molecule has 6 heteroatoms. The molecule has 1 amide bonds. The molecule has 0 aromatic rings. The second kappa shape index (κ2) is 6.22. The largest absolute Gasteiger partial charge is 0.479 e. The predicted octanol–water partition coefficient (Wildman–Crippen LogP) is 2.40. The number of rotatable bonds is 4. The van der Waals surface area contributed by atoms with E-state index in [1.807, 2.05) is 20.8 Å². The maximum absolute atomic E-state index is 12.0. The van der Waals surface area contributed by atoms with E-state index in [1.54, 1.807) is 34.6 Å². The van der Waals surface area contributed by atoms with Gasteiger partial charge >= 0.3 is 12.1 Å². The third-order valence-corrected chi connectivity index (χ3v) is 3.21. The first-order valence-electron chi connectivity index (χ1n) is 6.99. The molecule has 21 heavy (non-hydrogen) atoms. The molecule has 0 saturated heterocycles. The number of ether oxygens (including phenoxy) is 1. The normalized spacial score (nSPS) is 16.0. The van der Waals surface area contributed by atoms with Gasteiger partial charge in [-0.1, -0.05) is 34.6 Å². The van der Waals surface area contributed by atoms with Crippen LogP contribution in [0.2, 0.25) is 0 Å². The van der Waals surface area contributed by atoms with Crippen LogP contribution in [-0.2, 0) is 9.53 Å². The Labute approximate surface area is 126 Å². The van der Waals surface area contributed by atoms with Gasteiger partial charge in [0.15, 0.2) is 6.10 Å². The number of carbonyl (C=O) groups is 2. The summed E-state index contributed by atoms with van der Waals surface area (Å²) in [6.45, 7) is 14.1. The van der Waals surface area contributed by atoms with Gasteiger partial charge in [0.2, 0.25) is 0 Å². The van der Waals surface area contributed by atoms with E-state index in [-0.39, 0.29) is 0 Å². The van der Waals surface area contributed by atoms with Crippen molar-refractivity contribution in [3.63, 3.8) is 0 Å². The van der Waals surface area contributed by atoms with Crippen LogP contribution in [0, 0.1) is 10.8 Å². The first kappa shape index (κ1) is 19.7. The van der Waals surface area contributed by atoms with E-state index in [0.717, 1.165) is 0 Å². The van der Waals surface area contributed by atoms with Crippen LogP contribution in [0.25, 0.3) is 0 Å². The second-order valence-corrected chi connectivity index (χ2v) is 8.01. The molecule has 0 rings (SSSR count). The van der Waals surface area contributed by atoms with Gasteiger partial charge in [0.25, 0.3) is 0 Å². The zero-order valence-electron chi connectivity index (χ0n) is 14.3. The first-order chi connectivity index (χ1) is 9.09. The quantitative estimate of drug-likeness (QED) is 0.741. The molecule has 0 bridgehead atoms. The topological polar surface area (TPSA) is 95.9 Å². The van der Waals surface area contributed by atoms with Crippen LogP contribution in [0.15, 0.2) is 0 Å². The van der Waals surface area contributed by atoms with Crippen LogP contribution < -0.4 is 5.32 Å². The fourth-order valence-electron chi connectivity index (χ4n) is 2.42. The molecule has 0 saturated carbocycles. The van der Waals surface area contributed by atoms with Gasteiger partial charge in [0, 0.05) is 11.5 Å². The van der Waals surface area contributed by atoms with Gasteiger partial charge in [0.1, 0.15) is 5.60 Å². The zero-order valence-corrected chi connectivity index (χ0v) is 14.3. The predicted molar refractivity (Wildman–Crippen MR) is 80.0 cm³/mol. The third-order valence-electron chi connectivity index (χ3n) is 3.21. The van der Waals surface area contributed by atoms with Gasteiger partial charge in [-0.05, 0) is 26.2 Å². The van der Waals surface area contributed by atoms with Crippen LogP contribution in [0.5, 0.6) is 0 Å². The van der Waals surface area contributed by atoms with Gasteiger partial charge in [-0.2, -0.15) is 0 Å². The lowest BCUT2D eigenvalue weighted by atomic mass is 9.68. The molecule has 2 unspecified atom stereocenters. The SMILES string of the molecule is CC(C)(C)OC(=O)NC(C(C)(C)C)C(C)(C)C(O)C(=O)O. The number of alkyl carbamates (subject to hydrolysis) is 1. The molecule has 0 aliphatic carbocycles. The van der Waals surface area contributed by atoms with E-state index >= 15 is 0 Å². The van der Waals surface area contributed by atoms with Crippen LogP contribution in [-0.4, -0.2) is 40.0 Å². The van der Waals surface area contributed by atoms with Crippen LogP contribution in [0.4, 0.5) is 4.79 Å². The molecule has 0 radical (unpaired) electrons. The highest BCUT2D eigenvalue weighted by Crippen LogP contribution is 2.37. The highest BCUT2D eigenvalue weighted by atomic mass is 16.6. The fraction of sp³-hybridized carbons (Fsp3) is 0.867. The Hall–Kier alpha value is -1.30. The molecule has 0 aromatic heterocycles. The van der Waals surface area contributed by atoms with Crippen molar-refractivity contribution < 1.29 is 24.5 Å². The zero-order chi connectivity index (χ0) is 17.2. The van der Waals surface area contributed by atoms with Crippen molar-refractivity contribution in [1.29, 1.82) is 0 Å². The number of aliphatic carboxylic acids is 1. The van der Waals surface area contributed by atoms with Gasteiger partial charge in [-0.25, -0.2) is 9.59 Å². The number of carbonyl (C=O) groups excluding carboxylic acids is 1. The number of hydrogen-bond donors (Lipinski definition) is 3. The lowest BCUT2D eigenvalue weighted by Crippen LogP contribution is -2.58. The average Bonchev–Trinajstić information content (AvgIpc) is 2.20. The molecule has 0 fully saturated rings. The Morgan fingerprint density at radius 2 is 1.43 bits per heavy atom. The molecule has 0 spiro atoms. The minimum Gasteiger partial charge on any atom is -0.479 e. The van der Waals surface area contributed by atoms with Gasteiger partial charge < -0.3 is 20.3 Å². The number of amides is 1. The summed E-state index contributed by atoms with van der Waals surface area (Å²) in [5, 5.41) is 21.7. The smallest absolute Gasteiger partial charge is 0.407 e. The van der Waals surface area contributed by atoms with E-state index < -0.39 is 40.6 Å². The third kappa shape index (κ3) is 5.91. The average molecular weight is 303 g/mol. The lowest BCUT2D eigenvalue weighted by molar-refractivity contribution is -0.156. The molecule has 0 aromatic carbocycles. The van der Waals surface area contributed by atoms with Crippen molar-refractivity contribution in [2.45, 2.75) is 73.1 Å². The standard InChI is InChI=1S/C15H29NO5/c1-13(2,3)11(15(7,8)9(17)10(18)19)16-12(20)21-14(4,5)6/h9,11,17H,1-8H3,(H,16,20)(H,18,19). The van der Waals surface area contributed by atoms with Gasteiger partial charge in [-0.15, -0.1) is 0 Å². The number of aliphatic hydroxyl groups is 1. The van der Waals surface area contributed by atoms with E-state index in [2.05, 4.69) is 5.32 Å². The highest BCUT2D eigenvalue weighted by Gasteiger charge is 2.47. The van der Waals surface area contributed by atoms with E-state index in [9.17, 15) is 14.7 Å². The molecule has 6 nitrogen and oxygen atoms in total. The summed E-state index contributed by atoms with van der Waals surface area (Å²) in [6.07, 6.45) is -2.23. The van der Waals surface area contributed by atoms with Crippen molar-refractivity contribution in [3.05, 3.63) is 0 Å². The molecular weight excluding hydrogens is 274 g/mol. The minimum absolute atomic E-state index is 0.461. The second-order valence-electron chi connectivity index (χ2n) is 8.01. The number of aliphatic hydroxyl groups excluding tert-OH is 1. The summed E-state index contributed by atoms with van der Waals surface area (Å²) in [6, 6.07) is -0.592. The summed E-state index contributed by atoms with van der Waals surface area (Å²) in [4.78, 5) is 23.1. The Morgan fingerprint density at radius 3 is 1.71 bits per heavy atom. The molecule has 0 aliphatic heterocycles. The fourth-order valence-corrected chi connectivity index (χ4v) is 2.42. The van der Waals surface area contributed by atoms with Crippen molar-refractivity contribution >= 4 is 12.1 Å². The number of carboxylic acids is 1. The Bertz CT molecular complexity index is 390. The lowest BCUT2D eigenvalue weighted by Gasteiger charge is -2.44. The molecular formula is C15H29NO5. The van der Waals surface area contributed by atoms with Crippen LogP contribution in [0.3, 0.4) is 0 Å². The van der Waals surface area contributed by atoms with Crippen molar-refractivity contribution in [2.75, 3.05) is 0 Å². The van der Waals surface area contributed by atoms with Crippen molar-refractivity contribution in [3.8, 4) is 0 Å². The van der Waals surface area contributed by atoms with Crippen molar-refractivity contribution in [2.24, 2.45) is 10.8 Å². The monoisotopic (exact) mass is 303 g/mol. The number of nitrogens with one attached hydrogen (secondary N) is 1. The summed E-state index contributed by atoms with van der Waals surface area (Å²) >= 11 is 0. The maximum atomic E-state index is 12.0.